The summed E-state index contributed by atoms with van der Waals surface area (Å²) in [6, 6.07) is 7.71. The van der Waals surface area contributed by atoms with Gasteiger partial charge in [0.1, 0.15) is 18.2 Å². The Kier molecular flexibility index (Phi) is 5.48. The quantitative estimate of drug-likeness (QED) is 0.782. The first-order valence-corrected chi connectivity index (χ1v) is 8.90. The second kappa shape index (κ2) is 7.78. The van der Waals surface area contributed by atoms with E-state index in [1.165, 1.54) is 7.11 Å². The summed E-state index contributed by atoms with van der Waals surface area (Å²) in [6.45, 7) is 6.72. The van der Waals surface area contributed by atoms with E-state index in [0.29, 0.717) is 5.92 Å². The SMILES string of the molecule is CCn1cnnc1C1CCN(C(C(=O)OC)c2ccccc2C)CC1. The Bertz CT molecular complexity index is 720. The molecular weight excluding hydrogens is 316 g/mol. The Hall–Kier alpha value is -2.21. The number of nitrogens with zero attached hydrogens (tertiary/aromatic N) is 4. The molecule has 2 aromatic rings. The zero-order valence-corrected chi connectivity index (χ0v) is 15.2. The van der Waals surface area contributed by atoms with Crippen LogP contribution in [-0.2, 0) is 16.1 Å². The number of ether oxygens (including phenoxy) is 1. The lowest BCUT2D eigenvalue weighted by Crippen LogP contribution is -2.40. The standard InChI is InChI=1S/C19H26N4O2/c1-4-22-13-20-21-18(22)15-9-11-23(12-10-15)17(19(24)25-3)16-8-6-5-7-14(16)2/h5-8,13,15,17H,4,9-12H2,1-3H3. The van der Waals surface area contributed by atoms with Crippen molar-refractivity contribution in [1.29, 1.82) is 0 Å². The molecular formula is C19H26N4O2. The average molecular weight is 342 g/mol. The van der Waals surface area contributed by atoms with Crippen LogP contribution in [-0.4, -0.2) is 45.8 Å². The van der Waals surface area contributed by atoms with Gasteiger partial charge in [-0.3, -0.25) is 4.90 Å². The Balaban J connectivity index is 1.77. The van der Waals surface area contributed by atoms with Crippen LogP contribution in [0.1, 0.15) is 48.7 Å². The van der Waals surface area contributed by atoms with Crippen molar-refractivity contribution >= 4 is 5.97 Å². The highest BCUT2D eigenvalue weighted by molar-refractivity contribution is 5.78. The van der Waals surface area contributed by atoms with Gasteiger partial charge >= 0.3 is 5.97 Å². The lowest BCUT2D eigenvalue weighted by atomic mass is 9.92. The molecule has 25 heavy (non-hydrogen) atoms. The number of aromatic nitrogens is 3. The third-order valence-electron chi connectivity index (χ3n) is 5.15. The number of carbonyl (C=O) groups excluding carboxylic acids is 1. The van der Waals surface area contributed by atoms with Gasteiger partial charge in [0.25, 0.3) is 0 Å². The van der Waals surface area contributed by atoms with E-state index in [9.17, 15) is 4.79 Å². The minimum Gasteiger partial charge on any atom is -0.468 e. The van der Waals surface area contributed by atoms with Crippen LogP contribution in [0.2, 0.25) is 0 Å². The van der Waals surface area contributed by atoms with Gasteiger partial charge in [0.15, 0.2) is 0 Å². The van der Waals surface area contributed by atoms with Crippen molar-refractivity contribution in [2.45, 2.75) is 45.2 Å². The monoisotopic (exact) mass is 342 g/mol. The molecule has 0 amide bonds. The van der Waals surface area contributed by atoms with Crippen LogP contribution in [0.5, 0.6) is 0 Å². The minimum absolute atomic E-state index is 0.190. The van der Waals surface area contributed by atoms with Gasteiger partial charge in [-0.1, -0.05) is 24.3 Å². The van der Waals surface area contributed by atoms with Gasteiger partial charge in [0.2, 0.25) is 0 Å². The van der Waals surface area contributed by atoms with Crippen molar-refractivity contribution in [3.8, 4) is 0 Å². The minimum atomic E-state index is -0.337. The molecule has 0 saturated carbocycles. The normalized spacial score (nSPS) is 17.4. The number of carbonyl (C=O) groups is 1. The zero-order valence-electron chi connectivity index (χ0n) is 15.2. The number of aryl methyl sites for hydroxylation is 2. The zero-order chi connectivity index (χ0) is 17.8. The smallest absolute Gasteiger partial charge is 0.327 e. The highest BCUT2D eigenvalue weighted by atomic mass is 16.5. The first-order chi connectivity index (χ1) is 12.2. The van der Waals surface area contributed by atoms with E-state index in [4.69, 9.17) is 4.74 Å². The molecule has 0 N–H and O–H groups in total. The number of benzene rings is 1. The molecule has 0 spiro atoms. The highest BCUT2D eigenvalue weighted by Gasteiger charge is 2.34. The van der Waals surface area contributed by atoms with Gasteiger partial charge in [0, 0.05) is 12.5 Å². The van der Waals surface area contributed by atoms with Crippen molar-refractivity contribution in [1.82, 2.24) is 19.7 Å². The predicted molar refractivity (Wildman–Crippen MR) is 95.2 cm³/mol. The summed E-state index contributed by atoms with van der Waals surface area (Å²) in [5.41, 5.74) is 2.15. The molecule has 0 bridgehead atoms. The van der Waals surface area contributed by atoms with E-state index >= 15 is 0 Å². The topological polar surface area (TPSA) is 60.2 Å². The van der Waals surface area contributed by atoms with Crippen molar-refractivity contribution in [2.75, 3.05) is 20.2 Å². The highest BCUT2D eigenvalue weighted by Crippen LogP contribution is 2.33. The van der Waals surface area contributed by atoms with E-state index in [0.717, 1.165) is 49.4 Å². The van der Waals surface area contributed by atoms with Crippen LogP contribution in [0.3, 0.4) is 0 Å². The first-order valence-electron chi connectivity index (χ1n) is 8.90. The Morgan fingerprint density at radius 1 is 1.32 bits per heavy atom. The summed E-state index contributed by atoms with van der Waals surface area (Å²) < 4.78 is 7.21. The lowest BCUT2D eigenvalue weighted by molar-refractivity contribution is -0.147. The Labute approximate surface area is 148 Å². The van der Waals surface area contributed by atoms with E-state index < -0.39 is 0 Å². The van der Waals surface area contributed by atoms with Crippen LogP contribution in [0.15, 0.2) is 30.6 Å². The fourth-order valence-electron chi connectivity index (χ4n) is 3.72. The average Bonchev–Trinajstić information content (AvgIpc) is 3.12. The van der Waals surface area contributed by atoms with Crippen LogP contribution >= 0.6 is 0 Å². The van der Waals surface area contributed by atoms with Crippen LogP contribution in [0, 0.1) is 6.92 Å². The number of piperidine rings is 1. The van der Waals surface area contributed by atoms with Gasteiger partial charge < -0.3 is 9.30 Å². The molecule has 1 aliphatic heterocycles. The molecule has 3 rings (SSSR count). The molecule has 1 unspecified atom stereocenters. The molecule has 1 atom stereocenters. The van der Waals surface area contributed by atoms with Crippen LogP contribution in [0.25, 0.3) is 0 Å². The second-order valence-corrected chi connectivity index (χ2v) is 6.57. The van der Waals surface area contributed by atoms with Gasteiger partial charge in [-0.2, -0.15) is 0 Å². The third-order valence-corrected chi connectivity index (χ3v) is 5.15. The number of esters is 1. The van der Waals surface area contributed by atoms with Crippen LogP contribution in [0.4, 0.5) is 0 Å². The summed E-state index contributed by atoms with van der Waals surface area (Å²) in [7, 11) is 1.46. The molecule has 134 valence electrons. The Morgan fingerprint density at radius 2 is 2.04 bits per heavy atom. The summed E-state index contributed by atoms with van der Waals surface area (Å²) in [5, 5.41) is 8.36. The fraction of sp³-hybridized carbons (Fsp3) is 0.526. The van der Waals surface area contributed by atoms with Crippen LogP contribution < -0.4 is 0 Å². The summed E-state index contributed by atoms with van der Waals surface area (Å²) in [4.78, 5) is 14.7. The maximum absolute atomic E-state index is 12.5. The molecule has 1 fully saturated rings. The molecule has 2 heterocycles. The molecule has 6 heteroatoms. The van der Waals surface area contributed by atoms with E-state index in [2.05, 4.69) is 26.6 Å². The molecule has 1 aliphatic rings. The lowest BCUT2D eigenvalue weighted by Gasteiger charge is -2.36. The van der Waals surface area contributed by atoms with Gasteiger partial charge in [-0.05, 0) is 50.9 Å². The van der Waals surface area contributed by atoms with Gasteiger partial charge in [-0.15, -0.1) is 10.2 Å². The molecule has 6 nitrogen and oxygen atoms in total. The maximum atomic E-state index is 12.5. The molecule has 1 aromatic heterocycles. The maximum Gasteiger partial charge on any atom is 0.327 e. The number of rotatable bonds is 5. The molecule has 0 radical (unpaired) electrons. The van der Waals surface area contributed by atoms with Crippen molar-refractivity contribution in [3.63, 3.8) is 0 Å². The van der Waals surface area contributed by atoms with E-state index in [1.807, 2.05) is 31.2 Å². The second-order valence-electron chi connectivity index (χ2n) is 6.57. The third kappa shape index (κ3) is 3.58. The molecule has 1 aromatic carbocycles. The summed E-state index contributed by atoms with van der Waals surface area (Å²) >= 11 is 0. The Morgan fingerprint density at radius 3 is 2.68 bits per heavy atom. The number of hydrogen-bond acceptors (Lipinski definition) is 5. The number of methoxy groups -OCH3 is 1. The largest absolute Gasteiger partial charge is 0.468 e. The number of likely N-dealkylation sites (tertiary alicyclic amines) is 1. The van der Waals surface area contributed by atoms with Crippen molar-refractivity contribution < 1.29 is 9.53 Å². The predicted octanol–water partition coefficient (Wildman–Crippen LogP) is 2.70. The van der Waals surface area contributed by atoms with Gasteiger partial charge in [0.05, 0.1) is 7.11 Å². The molecule has 1 saturated heterocycles. The van der Waals surface area contributed by atoms with Crippen molar-refractivity contribution in [2.24, 2.45) is 0 Å². The van der Waals surface area contributed by atoms with E-state index in [-0.39, 0.29) is 12.0 Å². The van der Waals surface area contributed by atoms with Gasteiger partial charge in [-0.25, -0.2) is 4.79 Å². The molecule has 0 aliphatic carbocycles. The fourth-order valence-corrected chi connectivity index (χ4v) is 3.72. The first kappa shape index (κ1) is 17.6. The summed E-state index contributed by atoms with van der Waals surface area (Å²) in [6.07, 6.45) is 3.74. The van der Waals surface area contributed by atoms with E-state index in [1.54, 1.807) is 6.33 Å². The van der Waals surface area contributed by atoms with Crippen molar-refractivity contribution in [3.05, 3.63) is 47.5 Å². The summed E-state index contributed by atoms with van der Waals surface area (Å²) in [5.74, 6) is 1.27. The number of hydrogen-bond donors (Lipinski definition) is 0.